The largest absolute Gasteiger partial charge is 0.380 e. The lowest BCUT2D eigenvalue weighted by Crippen LogP contribution is -2.09. The van der Waals surface area contributed by atoms with Crippen LogP contribution >= 0.6 is 0 Å². The Hall–Kier alpha value is -1.07. The summed E-state index contributed by atoms with van der Waals surface area (Å²) >= 11 is 0. The minimum absolute atomic E-state index is 0.472. The molecule has 0 spiro atoms. The Morgan fingerprint density at radius 3 is 2.71 bits per heavy atom. The normalized spacial score (nSPS) is 11.3. The van der Waals surface area contributed by atoms with Crippen LogP contribution < -0.4 is 4.72 Å². The zero-order valence-electron chi connectivity index (χ0n) is 8.15. The molecular formula is C9H13NO3S. The van der Waals surface area contributed by atoms with E-state index in [2.05, 4.69) is 4.72 Å². The zero-order chi connectivity index (χ0) is 10.6. The van der Waals surface area contributed by atoms with E-state index in [1.807, 2.05) is 6.07 Å². The Kier molecular flexibility index (Phi) is 3.49. The molecule has 5 heteroatoms. The van der Waals surface area contributed by atoms with Gasteiger partial charge in [-0.15, -0.1) is 0 Å². The van der Waals surface area contributed by atoms with Gasteiger partial charge in [0.2, 0.25) is 10.0 Å². The molecule has 0 fully saturated rings. The fourth-order valence-corrected chi connectivity index (χ4v) is 1.66. The predicted octanol–water partition coefficient (Wildman–Crippen LogP) is 1.20. The average molecular weight is 215 g/mol. The first-order valence-electron chi connectivity index (χ1n) is 4.07. The maximum absolute atomic E-state index is 10.9. The maximum Gasteiger partial charge on any atom is 0.229 e. The highest BCUT2D eigenvalue weighted by Crippen LogP contribution is 2.12. The van der Waals surface area contributed by atoms with Gasteiger partial charge in [0, 0.05) is 12.8 Å². The third kappa shape index (κ3) is 3.76. The second-order valence-corrected chi connectivity index (χ2v) is 4.76. The molecule has 0 aliphatic carbocycles. The fraction of sp³-hybridized carbons (Fsp3) is 0.333. The van der Waals surface area contributed by atoms with Crippen molar-refractivity contribution in [1.29, 1.82) is 0 Å². The molecule has 14 heavy (non-hydrogen) atoms. The van der Waals surface area contributed by atoms with E-state index in [1.54, 1.807) is 25.3 Å². The maximum atomic E-state index is 10.9. The van der Waals surface area contributed by atoms with Gasteiger partial charge in [0.05, 0.1) is 12.9 Å². The predicted molar refractivity (Wildman–Crippen MR) is 55.6 cm³/mol. The number of ether oxygens (including phenoxy) is 1. The SMILES string of the molecule is COCc1cccc(NS(C)(=O)=O)c1. The van der Waals surface area contributed by atoms with E-state index < -0.39 is 10.0 Å². The number of hydrogen-bond acceptors (Lipinski definition) is 3. The number of sulfonamides is 1. The molecule has 0 saturated heterocycles. The van der Waals surface area contributed by atoms with E-state index >= 15 is 0 Å². The summed E-state index contributed by atoms with van der Waals surface area (Å²) in [5.41, 5.74) is 1.49. The van der Waals surface area contributed by atoms with Gasteiger partial charge in [-0.2, -0.15) is 0 Å². The molecule has 0 saturated carbocycles. The summed E-state index contributed by atoms with van der Waals surface area (Å²) in [4.78, 5) is 0. The van der Waals surface area contributed by atoms with Crippen molar-refractivity contribution in [1.82, 2.24) is 0 Å². The van der Waals surface area contributed by atoms with E-state index in [1.165, 1.54) is 0 Å². The highest BCUT2D eigenvalue weighted by atomic mass is 32.2. The Balaban J connectivity index is 2.83. The van der Waals surface area contributed by atoms with Crippen LogP contribution in [0.4, 0.5) is 5.69 Å². The van der Waals surface area contributed by atoms with Gasteiger partial charge in [-0.25, -0.2) is 8.42 Å². The van der Waals surface area contributed by atoms with Crippen LogP contribution in [0.15, 0.2) is 24.3 Å². The summed E-state index contributed by atoms with van der Waals surface area (Å²) in [5.74, 6) is 0. The monoisotopic (exact) mass is 215 g/mol. The molecule has 1 aromatic carbocycles. The number of nitrogens with one attached hydrogen (secondary N) is 1. The van der Waals surface area contributed by atoms with Gasteiger partial charge in [-0.3, -0.25) is 4.72 Å². The molecule has 1 N–H and O–H groups in total. The summed E-state index contributed by atoms with van der Waals surface area (Å²) in [7, 11) is -1.61. The van der Waals surface area contributed by atoms with Gasteiger partial charge in [-0.05, 0) is 17.7 Å². The molecule has 0 unspecified atom stereocenters. The lowest BCUT2D eigenvalue weighted by molar-refractivity contribution is 0.185. The summed E-state index contributed by atoms with van der Waals surface area (Å²) in [6, 6.07) is 7.09. The van der Waals surface area contributed by atoms with Crippen molar-refractivity contribution >= 4 is 15.7 Å². The van der Waals surface area contributed by atoms with Crippen LogP contribution in [0, 0.1) is 0 Å². The topological polar surface area (TPSA) is 55.4 Å². The molecule has 0 bridgehead atoms. The number of rotatable bonds is 4. The van der Waals surface area contributed by atoms with Crippen molar-refractivity contribution in [2.75, 3.05) is 18.1 Å². The van der Waals surface area contributed by atoms with Crippen molar-refractivity contribution < 1.29 is 13.2 Å². The highest BCUT2D eigenvalue weighted by Gasteiger charge is 2.01. The van der Waals surface area contributed by atoms with E-state index in [0.29, 0.717) is 12.3 Å². The van der Waals surface area contributed by atoms with Crippen LogP contribution in [0.2, 0.25) is 0 Å². The fourth-order valence-electron chi connectivity index (χ4n) is 1.11. The number of anilines is 1. The van der Waals surface area contributed by atoms with Gasteiger partial charge >= 0.3 is 0 Å². The summed E-state index contributed by atoms with van der Waals surface area (Å²) in [6.07, 6.45) is 1.12. The van der Waals surface area contributed by atoms with Gasteiger partial charge in [-0.1, -0.05) is 12.1 Å². The van der Waals surface area contributed by atoms with Crippen LogP contribution in [-0.2, 0) is 21.4 Å². The summed E-state index contributed by atoms with van der Waals surface area (Å²) in [5, 5.41) is 0. The van der Waals surface area contributed by atoms with E-state index in [-0.39, 0.29) is 0 Å². The van der Waals surface area contributed by atoms with Crippen LogP contribution in [0.5, 0.6) is 0 Å². The molecule has 78 valence electrons. The number of methoxy groups -OCH3 is 1. The number of benzene rings is 1. The van der Waals surface area contributed by atoms with Crippen molar-refractivity contribution in [3.05, 3.63) is 29.8 Å². The molecule has 0 radical (unpaired) electrons. The van der Waals surface area contributed by atoms with Crippen LogP contribution in [-0.4, -0.2) is 21.8 Å². The van der Waals surface area contributed by atoms with Crippen molar-refractivity contribution in [2.24, 2.45) is 0 Å². The Morgan fingerprint density at radius 1 is 1.43 bits per heavy atom. The Bertz CT molecular complexity index is 400. The van der Waals surface area contributed by atoms with Crippen LogP contribution in [0.25, 0.3) is 0 Å². The quantitative estimate of drug-likeness (QED) is 0.821. The zero-order valence-corrected chi connectivity index (χ0v) is 8.97. The first-order valence-corrected chi connectivity index (χ1v) is 5.96. The first kappa shape index (κ1) is 11.0. The molecule has 0 atom stereocenters. The van der Waals surface area contributed by atoms with E-state index in [0.717, 1.165) is 11.8 Å². The third-order valence-corrected chi connectivity index (χ3v) is 2.15. The molecule has 0 aromatic heterocycles. The minimum Gasteiger partial charge on any atom is -0.380 e. The first-order chi connectivity index (χ1) is 6.51. The van der Waals surface area contributed by atoms with Crippen molar-refractivity contribution in [3.63, 3.8) is 0 Å². The van der Waals surface area contributed by atoms with Crippen molar-refractivity contribution in [2.45, 2.75) is 6.61 Å². The molecule has 0 aliphatic rings. The average Bonchev–Trinajstić information content (AvgIpc) is 2.02. The van der Waals surface area contributed by atoms with Gasteiger partial charge < -0.3 is 4.74 Å². The standard InChI is InChI=1S/C9H13NO3S/c1-13-7-8-4-3-5-9(6-8)10-14(2,11)12/h3-6,10H,7H2,1-2H3. The molecule has 1 aromatic rings. The highest BCUT2D eigenvalue weighted by molar-refractivity contribution is 7.92. The van der Waals surface area contributed by atoms with Crippen LogP contribution in [0.1, 0.15) is 5.56 Å². The molecule has 0 heterocycles. The molecule has 4 nitrogen and oxygen atoms in total. The molecule has 0 amide bonds. The lowest BCUT2D eigenvalue weighted by atomic mass is 10.2. The van der Waals surface area contributed by atoms with Gasteiger partial charge in [0.15, 0.2) is 0 Å². The number of hydrogen-bond donors (Lipinski definition) is 1. The van der Waals surface area contributed by atoms with E-state index in [4.69, 9.17) is 4.74 Å². The van der Waals surface area contributed by atoms with E-state index in [9.17, 15) is 8.42 Å². The van der Waals surface area contributed by atoms with Gasteiger partial charge in [0.1, 0.15) is 0 Å². The van der Waals surface area contributed by atoms with Crippen LogP contribution in [0.3, 0.4) is 0 Å². The second kappa shape index (κ2) is 4.43. The second-order valence-electron chi connectivity index (χ2n) is 3.01. The lowest BCUT2D eigenvalue weighted by Gasteiger charge is -2.05. The van der Waals surface area contributed by atoms with Crippen molar-refractivity contribution in [3.8, 4) is 0 Å². The Labute approximate surface area is 84.0 Å². The smallest absolute Gasteiger partial charge is 0.229 e. The summed E-state index contributed by atoms with van der Waals surface area (Å²) in [6.45, 7) is 0.472. The molecular weight excluding hydrogens is 202 g/mol. The molecule has 0 aliphatic heterocycles. The summed E-state index contributed by atoms with van der Waals surface area (Å²) < 4.78 is 29.2. The molecule has 1 rings (SSSR count). The minimum atomic E-state index is -3.20. The third-order valence-electron chi connectivity index (χ3n) is 1.54. The Morgan fingerprint density at radius 2 is 2.14 bits per heavy atom. The van der Waals surface area contributed by atoms with Gasteiger partial charge in [0.25, 0.3) is 0 Å².